The fraction of sp³-hybridized carbons (Fsp3) is 0.880. The zero-order valence-electron chi connectivity index (χ0n) is 19.0. The SMILES string of the molecule is CCCCCCCCCCCn1cc[n+](C)c1CCCCCCCCCC. The first-order valence-corrected chi connectivity index (χ1v) is 12.3. The number of hydrogen-bond donors (Lipinski definition) is 0. The lowest BCUT2D eigenvalue weighted by Gasteiger charge is -2.05. The van der Waals surface area contributed by atoms with Crippen LogP contribution in [-0.2, 0) is 20.0 Å². The van der Waals surface area contributed by atoms with E-state index in [0.29, 0.717) is 0 Å². The minimum absolute atomic E-state index is 1.21. The van der Waals surface area contributed by atoms with Crippen LogP contribution in [0.4, 0.5) is 0 Å². The van der Waals surface area contributed by atoms with Crippen LogP contribution in [0.3, 0.4) is 0 Å². The van der Waals surface area contributed by atoms with E-state index in [1.165, 1.54) is 128 Å². The van der Waals surface area contributed by atoms with Gasteiger partial charge in [0.05, 0.1) is 13.6 Å². The van der Waals surface area contributed by atoms with Crippen LogP contribution in [0.15, 0.2) is 12.4 Å². The predicted octanol–water partition coefficient (Wildman–Crippen LogP) is 7.53. The highest BCUT2D eigenvalue weighted by atomic mass is 15.1. The Morgan fingerprint density at radius 3 is 1.59 bits per heavy atom. The molecule has 0 aromatic carbocycles. The van der Waals surface area contributed by atoms with E-state index < -0.39 is 0 Å². The Morgan fingerprint density at radius 2 is 1.07 bits per heavy atom. The summed E-state index contributed by atoms with van der Waals surface area (Å²) in [4.78, 5) is 0. The first-order chi connectivity index (χ1) is 13.3. The summed E-state index contributed by atoms with van der Waals surface area (Å²) in [5.41, 5.74) is 0. The molecule has 0 amide bonds. The van der Waals surface area contributed by atoms with Gasteiger partial charge in [-0.25, -0.2) is 9.13 Å². The minimum atomic E-state index is 1.21. The topological polar surface area (TPSA) is 8.81 Å². The summed E-state index contributed by atoms with van der Waals surface area (Å²) in [6.07, 6.45) is 29.8. The number of hydrogen-bond acceptors (Lipinski definition) is 0. The number of imidazole rings is 1. The normalized spacial score (nSPS) is 11.4. The lowest BCUT2D eigenvalue weighted by atomic mass is 10.1. The summed E-state index contributed by atoms with van der Waals surface area (Å²) in [6, 6.07) is 0. The fourth-order valence-electron chi connectivity index (χ4n) is 4.09. The minimum Gasteiger partial charge on any atom is -0.237 e. The smallest absolute Gasteiger partial charge is 0.237 e. The van der Waals surface area contributed by atoms with Crippen LogP contribution >= 0.6 is 0 Å². The Kier molecular flexibility index (Phi) is 15.6. The Morgan fingerprint density at radius 1 is 0.630 bits per heavy atom. The highest BCUT2D eigenvalue weighted by molar-refractivity contribution is 4.84. The molecule has 0 fully saturated rings. The van der Waals surface area contributed by atoms with E-state index >= 15 is 0 Å². The molecule has 0 aliphatic heterocycles. The van der Waals surface area contributed by atoms with Gasteiger partial charge in [0.25, 0.3) is 5.82 Å². The number of rotatable bonds is 19. The highest BCUT2D eigenvalue weighted by Crippen LogP contribution is 2.12. The number of nitrogens with zero attached hydrogens (tertiary/aromatic N) is 2. The largest absolute Gasteiger partial charge is 0.256 e. The van der Waals surface area contributed by atoms with Crippen LogP contribution in [0.25, 0.3) is 0 Å². The molecular formula is C25H49N2+. The monoisotopic (exact) mass is 377 g/mol. The molecule has 0 saturated carbocycles. The molecule has 1 rings (SSSR count). The van der Waals surface area contributed by atoms with Crippen LogP contribution in [0.2, 0.25) is 0 Å². The van der Waals surface area contributed by atoms with Crippen molar-refractivity contribution >= 4 is 0 Å². The van der Waals surface area contributed by atoms with Crippen LogP contribution in [0.5, 0.6) is 0 Å². The molecule has 2 nitrogen and oxygen atoms in total. The predicted molar refractivity (Wildman–Crippen MR) is 119 cm³/mol. The standard InChI is InChI=1S/C25H49N2/c1-4-6-8-10-12-14-16-18-20-22-27-24-23-26(3)25(27)21-19-17-15-13-11-9-7-5-2/h23-24H,4-22H2,1-3H3/q+1. The Balaban J connectivity index is 2.08. The van der Waals surface area contributed by atoms with Crippen molar-refractivity contribution in [2.45, 2.75) is 136 Å². The molecule has 1 aromatic heterocycles. The summed E-state index contributed by atoms with van der Waals surface area (Å²) < 4.78 is 4.86. The van der Waals surface area contributed by atoms with Gasteiger partial charge in [0, 0.05) is 6.42 Å². The summed E-state index contributed by atoms with van der Waals surface area (Å²) in [5, 5.41) is 0. The van der Waals surface area contributed by atoms with E-state index in [0.717, 1.165) is 0 Å². The summed E-state index contributed by atoms with van der Waals surface area (Å²) >= 11 is 0. The molecule has 0 radical (unpaired) electrons. The van der Waals surface area contributed by atoms with Gasteiger partial charge in [0.1, 0.15) is 12.4 Å². The second kappa shape index (κ2) is 17.3. The lowest BCUT2D eigenvalue weighted by Crippen LogP contribution is -2.32. The molecule has 0 saturated heterocycles. The molecule has 2 heteroatoms. The molecule has 0 spiro atoms. The third-order valence-electron chi connectivity index (χ3n) is 5.97. The first kappa shape index (κ1) is 24.2. The Labute approximate surface area is 170 Å². The van der Waals surface area contributed by atoms with Gasteiger partial charge in [-0.05, 0) is 19.3 Å². The molecular weight excluding hydrogens is 328 g/mol. The van der Waals surface area contributed by atoms with E-state index in [-0.39, 0.29) is 0 Å². The van der Waals surface area contributed by atoms with Crippen LogP contribution in [-0.4, -0.2) is 4.57 Å². The molecule has 1 heterocycles. The molecule has 0 aliphatic rings. The van der Waals surface area contributed by atoms with Crippen molar-refractivity contribution in [1.82, 2.24) is 4.57 Å². The van der Waals surface area contributed by atoms with E-state index in [9.17, 15) is 0 Å². The Hall–Kier alpha value is -0.790. The third-order valence-corrected chi connectivity index (χ3v) is 5.97. The van der Waals surface area contributed by atoms with E-state index in [4.69, 9.17) is 0 Å². The van der Waals surface area contributed by atoms with Crippen LogP contribution in [0, 0.1) is 0 Å². The van der Waals surface area contributed by atoms with E-state index in [1.807, 2.05) is 0 Å². The van der Waals surface area contributed by atoms with Crippen molar-refractivity contribution in [3.8, 4) is 0 Å². The van der Waals surface area contributed by atoms with Gasteiger partial charge < -0.3 is 0 Å². The van der Waals surface area contributed by atoms with E-state index in [1.54, 1.807) is 0 Å². The van der Waals surface area contributed by atoms with Gasteiger partial charge in [-0.1, -0.05) is 104 Å². The van der Waals surface area contributed by atoms with Crippen molar-refractivity contribution in [3.63, 3.8) is 0 Å². The second-order valence-electron chi connectivity index (χ2n) is 8.57. The quantitative estimate of drug-likeness (QED) is 0.174. The van der Waals surface area contributed by atoms with Gasteiger partial charge in [-0.2, -0.15) is 0 Å². The average Bonchev–Trinajstić information content (AvgIpc) is 3.02. The number of aryl methyl sites for hydroxylation is 2. The van der Waals surface area contributed by atoms with Crippen LogP contribution < -0.4 is 4.57 Å². The first-order valence-electron chi connectivity index (χ1n) is 12.3. The zero-order chi connectivity index (χ0) is 19.6. The van der Waals surface area contributed by atoms with Gasteiger partial charge in [-0.15, -0.1) is 0 Å². The molecule has 0 N–H and O–H groups in total. The summed E-state index contributed by atoms with van der Waals surface area (Å²) in [6.45, 7) is 5.80. The molecule has 0 aliphatic carbocycles. The maximum atomic E-state index is 2.52. The Bertz CT molecular complexity index is 436. The summed E-state index contributed by atoms with van der Waals surface area (Å²) in [7, 11) is 2.22. The number of unbranched alkanes of at least 4 members (excludes halogenated alkanes) is 15. The third kappa shape index (κ3) is 12.3. The molecule has 0 bridgehead atoms. The molecule has 27 heavy (non-hydrogen) atoms. The zero-order valence-corrected chi connectivity index (χ0v) is 19.0. The van der Waals surface area contributed by atoms with Gasteiger partial charge >= 0.3 is 0 Å². The van der Waals surface area contributed by atoms with E-state index in [2.05, 4.69) is 42.4 Å². The molecule has 0 atom stereocenters. The summed E-state index contributed by atoms with van der Waals surface area (Å²) in [5.74, 6) is 1.53. The molecule has 158 valence electrons. The van der Waals surface area contributed by atoms with Crippen molar-refractivity contribution < 1.29 is 4.57 Å². The average molecular weight is 378 g/mol. The van der Waals surface area contributed by atoms with Crippen molar-refractivity contribution in [2.24, 2.45) is 7.05 Å². The van der Waals surface area contributed by atoms with Gasteiger partial charge in [-0.3, -0.25) is 0 Å². The molecule has 1 aromatic rings. The van der Waals surface area contributed by atoms with Gasteiger partial charge in [0.15, 0.2) is 0 Å². The van der Waals surface area contributed by atoms with Crippen LogP contribution in [0.1, 0.15) is 129 Å². The fourth-order valence-corrected chi connectivity index (χ4v) is 4.09. The molecule has 0 unspecified atom stereocenters. The number of aromatic nitrogens is 2. The second-order valence-corrected chi connectivity index (χ2v) is 8.57. The maximum Gasteiger partial charge on any atom is 0.256 e. The van der Waals surface area contributed by atoms with Crippen molar-refractivity contribution in [3.05, 3.63) is 18.2 Å². The van der Waals surface area contributed by atoms with Crippen molar-refractivity contribution in [2.75, 3.05) is 0 Å². The van der Waals surface area contributed by atoms with Crippen molar-refractivity contribution in [1.29, 1.82) is 0 Å². The maximum absolute atomic E-state index is 2.52. The highest BCUT2D eigenvalue weighted by Gasteiger charge is 2.13. The van der Waals surface area contributed by atoms with Gasteiger partial charge in [0.2, 0.25) is 0 Å². The lowest BCUT2D eigenvalue weighted by molar-refractivity contribution is -0.678.